The Hall–Kier alpha value is -2.26. The maximum atomic E-state index is 6.29. The van der Waals surface area contributed by atoms with Gasteiger partial charge in [0.15, 0.2) is 0 Å². The van der Waals surface area contributed by atoms with Crippen LogP contribution < -0.4 is 10.5 Å². The minimum absolute atomic E-state index is 0.168. The van der Waals surface area contributed by atoms with E-state index in [2.05, 4.69) is 18.2 Å². The van der Waals surface area contributed by atoms with E-state index in [1.165, 1.54) is 0 Å². The summed E-state index contributed by atoms with van der Waals surface area (Å²) < 4.78 is 10.6. The second kappa shape index (κ2) is 5.02. The normalized spacial score (nSPS) is 12.6. The summed E-state index contributed by atoms with van der Waals surface area (Å²) in [5.74, 6) is 1.74. The Balaban J connectivity index is 2.00. The molecule has 0 saturated heterocycles. The van der Waals surface area contributed by atoms with Crippen LogP contribution in [0.25, 0.3) is 10.8 Å². The number of methoxy groups -OCH3 is 1. The van der Waals surface area contributed by atoms with Crippen molar-refractivity contribution < 1.29 is 9.15 Å². The Bertz CT molecular complexity index is 746. The molecule has 0 radical (unpaired) electrons. The summed E-state index contributed by atoms with van der Waals surface area (Å²) in [5, 5.41) is 2.29. The van der Waals surface area contributed by atoms with Gasteiger partial charge in [0, 0.05) is 5.56 Å². The van der Waals surface area contributed by atoms with Crippen molar-refractivity contribution in [2.24, 2.45) is 5.73 Å². The van der Waals surface area contributed by atoms with E-state index in [0.717, 1.165) is 33.4 Å². The van der Waals surface area contributed by atoms with Gasteiger partial charge in [0.1, 0.15) is 11.5 Å². The van der Waals surface area contributed by atoms with E-state index in [0.29, 0.717) is 0 Å². The summed E-state index contributed by atoms with van der Waals surface area (Å²) in [6.07, 6.45) is 1.72. The minimum atomic E-state index is -0.168. The predicted molar refractivity (Wildman–Crippen MR) is 80.0 cm³/mol. The van der Waals surface area contributed by atoms with Crippen LogP contribution in [0.4, 0.5) is 0 Å². The van der Waals surface area contributed by atoms with Gasteiger partial charge in [-0.1, -0.05) is 18.2 Å². The van der Waals surface area contributed by atoms with Gasteiger partial charge in [-0.15, -0.1) is 0 Å². The third-order valence-corrected chi connectivity index (χ3v) is 3.54. The molecule has 0 spiro atoms. The number of fused-ring (bicyclic) bond motifs is 1. The molecule has 1 atom stereocenters. The van der Waals surface area contributed by atoms with Crippen molar-refractivity contribution in [1.29, 1.82) is 0 Å². The average molecular weight is 267 g/mol. The molecule has 20 heavy (non-hydrogen) atoms. The Kier molecular flexibility index (Phi) is 3.20. The maximum Gasteiger partial charge on any atom is 0.119 e. The quantitative estimate of drug-likeness (QED) is 0.785. The summed E-state index contributed by atoms with van der Waals surface area (Å²) in [6.45, 7) is 1.92. The third kappa shape index (κ3) is 2.28. The highest BCUT2D eigenvalue weighted by molar-refractivity contribution is 5.84. The van der Waals surface area contributed by atoms with Gasteiger partial charge < -0.3 is 14.9 Å². The molecule has 1 heterocycles. The third-order valence-electron chi connectivity index (χ3n) is 3.54. The molecule has 3 rings (SSSR count). The Morgan fingerprint density at radius 2 is 1.75 bits per heavy atom. The number of ether oxygens (including phenoxy) is 1. The number of rotatable bonds is 3. The molecular formula is C17H17NO2. The second-order valence-corrected chi connectivity index (χ2v) is 4.94. The zero-order chi connectivity index (χ0) is 14.1. The maximum absolute atomic E-state index is 6.29. The van der Waals surface area contributed by atoms with E-state index in [-0.39, 0.29) is 6.04 Å². The van der Waals surface area contributed by atoms with Crippen molar-refractivity contribution in [3.63, 3.8) is 0 Å². The molecule has 0 fully saturated rings. The molecule has 0 amide bonds. The lowest BCUT2D eigenvalue weighted by Gasteiger charge is -2.11. The second-order valence-electron chi connectivity index (χ2n) is 4.94. The van der Waals surface area contributed by atoms with E-state index in [1.54, 1.807) is 13.4 Å². The lowest BCUT2D eigenvalue weighted by atomic mass is 9.98. The van der Waals surface area contributed by atoms with Crippen molar-refractivity contribution in [1.82, 2.24) is 0 Å². The first kappa shape index (κ1) is 12.8. The Morgan fingerprint density at radius 3 is 2.45 bits per heavy atom. The van der Waals surface area contributed by atoms with E-state index in [1.807, 2.05) is 31.2 Å². The fourth-order valence-corrected chi connectivity index (χ4v) is 2.38. The summed E-state index contributed by atoms with van der Waals surface area (Å²) in [5.41, 5.74) is 8.36. The standard InChI is InChI=1S/C17H17NO2/c1-11-7-15(10-20-11)17(18)14-4-3-13-9-16(19-2)6-5-12(13)8-14/h3-10,17H,18H2,1-2H3. The van der Waals surface area contributed by atoms with Gasteiger partial charge in [-0.25, -0.2) is 0 Å². The molecular weight excluding hydrogens is 250 g/mol. The van der Waals surface area contributed by atoms with Crippen LogP contribution in [0.5, 0.6) is 5.75 Å². The van der Waals surface area contributed by atoms with E-state index < -0.39 is 0 Å². The van der Waals surface area contributed by atoms with Crippen LogP contribution in [-0.4, -0.2) is 7.11 Å². The lowest BCUT2D eigenvalue weighted by Crippen LogP contribution is -2.10. The van der Waals surface area contributed by atoms with Crippen LogP contribution in [-0.2, 0) is 0 Å². The van der Waals surface area contributed by atoms with Crippen LogP contribution in [0.2, 0.25) is 0 Å². The minimum Gasteiger partial charge on any atom is -0.497 e. The molecule has 3 nitrogen and oxygen atoms in total. The monoisotopic (exact) mass is 267 g/mol. The zero-order valence-electron chi connectivity index (χ0n) is 11.6. The summed E-state index contributed by atoms with van der Waals surface area (Å²) >= 11 is 0. The Labute approximate surface area is 118 Å². The largest absolute Gasteiger partial charge is 0.497 e. The number of benzene rings is 2. The van der Waals surface area contributed by atoms with E-state index in [9.17, 15) is 0 Å². The molecule has 2 N–H and O–H groups in total. The van der Waals surface area contributed by atoms with Gasteiger partial charge in [-0.3, -0.25) is 0 Å². The van der Waals surface area contributed by atoms with Crippen LogP contribution in [0.1, 0.15) is 22.9 Å². The van der Waals surface area contributed by atoms with Gasteiger partial charge in [-0.2, -0.15) is 0 Å². The fourth-order valence-electron chi connectivity index (χ4n) is 2.38. The molecule has 0 bridgehead atoms. The first-order chi connectivity index (χ1) is 9.67. The van der Waals surface area contributed by atoms with Crippen LogP contribution in [0, 0.1) is 6.92 Å². The molecule has 3 heteroatoms. The van der Waals surface area contributed by atoms with Crippen LogP contribution in [0.3, 0.4) is 0 Å². The number of nitrogens with two attached hydrogens (primary N) is 1. The van der Waals surface area contributed by atoms with Crippen molar-refractivity contribution in [3.05, 3.63) is 65.6 Å². The SMILES string of the molecule is COc1ccc2cc(C(N)c3coc(C)c3)ccc2c1. The molecule has 0 aliphatic heterocycles. The molecule has 3 aromatic rings. The molecule has 2 aromatic carbocycles. The molecule has 1 unspecified atom stereocenters. The summed E-state index contributed by atoms with van der Waals surface area (Å²) in [7, 11) is 1.67. The highest BCUT2D eigenvalue weighted by atomic mass is 16.5. The number of furan rings is 1. The summed E-state index contributed by atoms with van der Waals surface area (Å²) in [6, 6.07) is 14.1. The first-order valence-corrected chi connectivity index (χ1v) is 6.55. The van der Waals surface area contributed by atoms with Gasteiger partial charge in [-0.05, 0) is 47.5 Å². The molecule has 0 saturated carbocycles. The average Bonchev–Trinajstić information content (AvgIpc) is 2.92. The van der Waals surface area contributed by atoms with E-state index in [4.69, 9.17) is 14.9 Å². The fraction of sp³-hybridized carbons (Fsp3) is 0.176. The summed E-state index contributed by atoms with van der Waals surface area (Å²) in [4.78, 5) is 0. The molecule has 0 aliphatic rings. The van der Waals surface area contributed by atoms with Gasteiger partial charge >= 0.3 is 0 Å². The van der Waals surface area contributed by atoms with Crippen molar-refractivity contribution >= 4 is 10.8 Å². The van der Waals surface area contributed by atoms with Crippen molar-refractivity contribution in [2.75, 3.05) is 7.11 Å². The topological polar surface area (TPSA) is 48.4 Å². The highest BCUT2D eigenvalue weighted by Crippen LogP contribution is 2.27. The van der Waals surface area contributed by atoms with Gasteiger partial charge in [0.2, 0.25) is 0 Å². The van der Waals surface area contributed by atoms with Crippen molar-refractivity contribution in [3.8, 4) is 5.75 Å². The molecule has 1 aromatic heterocycles. The van der Waals surface area contributed by atoms with Crippen molar-refractivity contribution in [2.45, 2.75) is 13.0 Å². The van der Waals surface area contributed by atoms with E-state index >= 15 is 0 Å². The van der Waals surface area contributed by atoms with Gasteiger partial charge in [0.25, 0.3) is 0 Å². The smallest absolute Gasteiger partial charge is 0.119 e. The number of aryl methyl sites for hydroxylation is 1. The molecule has 102 valence electrons. The van der Waals surface area contributed by atoms with Gasteiger partial charge in [0.05, 0.1) is 19.4 Å². The number of hydrogen-bond donors (Lipinski definition) is 1. The highest BCUT2D eigenvalue weighted by Gasteiger charge is 2.12. The first-order valence-electron chi connectivity index (χ1n) is 6.55. The van der Waals surface area contributed by atoms with Crippen LogP contribution in [0.15, 0.2) is 53.1 Å². The molecule has 0 aliphatic carbocycles. The zero-order valence-corrected chi connectivity index (χ0v) is 11.6. The lowest BCUT2D eigenvalue weighted by molar-refractivity contribution is 0.415. The predicted octanol–water partition coefficient (Wildman–Crippen LogP) is 3.80. The Morgan fingerprint density at radius 1 is 1.00 bits per heavy atom. The van der Waals surface area contributed by atoms with Crippen LogP contribution >= 0.6 is 0 Å². The number of hydrogen-bond acceptors (Lipinski definition) is 3.